The molecule has 24 heavy (non-hydrogen) atoms. The molecule has 0 saturated carbocycles. The molecule has 0 spiro atoms. The quantitative estimate of drug-likeness (QED) is 0.542. The van der Waals surface area contributed by atoms with Crippen LogP contribution >= 0.6 is 23.4 Å². The van der Waals surface area contributed by atoms with Crippen molar-refractivity contribution in [1.82, 2.24) is 15.0 Å². The van der Waals surface area contributed by atoms with Gasteiger partial charge in [-0.1, -0.05) is 29.4 Å². The molecule has 0 unspecified atom stereocenters. The van der Waals surface area contributed by atoms with Gasteiger partial charge in [0.05, 0.1) is 24.1 Å². The Morgan fingerprint density at radius 1 is 1.33 bits per heavy atom. The van der Waals surface area contributed by atoms with E-state index in [1.54, 1.807) is 25.4 Å². The van der Waals surface area contributed by atoms with Crippen LogP contribution in [0.25, 0.3) is 11.3 Å². The molecule has 3 rings (SSSR count). The number of nitrogen functional groups attached to an aromatic ring is 1. The Morgan fingerprint density at radius 3 is 2.92 bits per heavy atom. The second-order valence-corrected chi connectivity index (χ2v) is 6.27. The van der Waals surface area contributed by atoms with Crippen LogP contribution in [-0.4, -0.2) is 22.1 Å². The van der Waals surface area contributed by atoms with Gasteiger partial charge < -0.3 is 14.9 Å². The first-order chi connectivity index (χ1) is 11.6. The Kier molecular flexibility index (Phi) is 4.92. The van der Waals surface area contributed by atoms with E-state index >= 15 is 0 Å². The van der Waals surface area contributed by atoms with Gasteiger partial charge in [-0.2, -0.15) is 0 Å². The summed E-state index contributed by atoms with van der Waals surface area (Å²) in [4.78, 5) is 12.8. The normalized spacial score (nSPS) is 10.8. The molecule has 0 aliphatic carbocycles. The number of hydrogen-bond acceptors (Lipinski definition) is 7. The van der Waals surface area contributed by atoms with Crippen molar-refractivity contribution in [1.29, 1.82) is 0 Å². The second kappa shape index (κ2) is 7.11. The van der Waals surface area contributed by atoms with E-state index in [9.17, 15) is 0 Å². The first-order valence-electron chi connectivity index (χ1n) is 7.08. The molecule has 0 aliphatic rings. The van der Waals surface area contributed by atoms with E-state index in [4.69, 9.17) is 26.5 Å². The van der Waals surface area contributed by atoms with E-state index in [-0.39, 0.29) is 0 Å². The molecule has 0 amide bonds. The number of rotatable bonds is 5. The molecule has 0 radical (unpaired) electrons. The van der Waals surface area contributed by atoms with Gasteiger partial charge in [0.1, 0.15) is 11.6 Å². The number of nitrogens with zero attached hydrogens (tertiary/aromatic N) is 3. The van der Waals surface area contributed by atoms with Gasteiger partial charge in [-0.15, -0.1) is 0 Å². The largest absolute Gasteiger partial charge is 0.495 e. The third-order valence-electron chi connectivity index (χ3n) is 3.18. The van der Waals surface area contributed by atoms with Crippen LogP contribution in [0.1, 0.15) is 11.6 Å². The molecule has 3 aromatic rings. The van der Waals surface area contributed by atoms with Crippen molar-refractivity contribution in [3.63, 3.8) is 0 Å². The first kappa shape index (κ1) is 16.6. The second-order valence-electron chi connectivity index (χ2n) is 4.95. The number of aromatic nitrogens is 3. The van der Waals surface area contributed by atoms with E-state index in [0.29, 0.717) is 39.2 Å². The maximum atomic E-state index is 6.31. The van der Waals surface area contributed by atoms with Crippen LogP contribution in [-0.2, 0) is 5.75 Å². The van der Waals surface area contributed by atoms with Crippen LogP contribution in [0.2, 0.25) is 5.02 Å². The van der Waals surface area contributed by atoms with Crippen LogP contribution in [0.5, 0.6) is 5.75 Å². The molecule has 0 fully saturated rings. The van der Waals surface area contributed by atoms with Gasteiger partial charge in [-0.05, 0) is 19.1 Å². The molecule has 0 saturated heterocycles. The minimum Gasteiger partial charge on any atom is -0.495 e. The molecule has 2 N–H and O–H groups in total. The van der Waals surface area contributed by atoms with Crippen molar-refractivity contribution in [2.45, 2.75) is 17.8 Å². The minimum absolute atomic E-state index is 0.446. The van der Waals surface area contributed by atoms with E-state index in [0.717, 1.165) is 11.3 Å². The number of benzene rings is 1. The lowest BCUT2D eigenvalue weighted by Gasteiger charge is -2.05. The number of ether oxygens (including phenoxy) is 1. The van der Waals surface area contributed by atoms with Gasteiger partial charge in [0.25, 0.3) is 0 Å². The molecular formula is C16H15ClN4O2S. The first-order valence-corrected chi connectivity index (χ1v) is 8.44. The smallest absolute Gasteiger partial charge is 0.205 e. The van der Waals surface area contributed by atoms with Crippen LogP contribution < -0.4 is 10.5 Å². The number of hydrogen-bond donors (Lipinski definition) is 1. The monoisotopic (exact) mass is 362 g/mol. The average Bonchev–Trinajstić information content (AvgIpc) is 3.01. The Labute approximate surface area is 148 Å². The maximum Gasteiger partial charge on any atom is 0.205 e. The van der Waals surface area contributed by atoms with Gasteiger partial charge >= 0.3 is 0 Å². The SMILES string of the molecule is COc1cccc(-c2cnc(CSc3nc(C)cc(N)n3)o2)c1Cl. The summed E-state index contributed by atoms with van der Waals surface area (Å²) in [5.41, 5.74) is 7.28. The Morgan fingerprint density at radius 2 is 2.17 bits per heavy atom. The number of thioether (sulfide) groups is 1. The van der Waals surface area contributed by atoms with Gasteiger partial charge in [-0.25, -0.2) is 15.0 Å². The molecule has 124 valence electrons. The van der Waals surface area contributed by atoms with Gasteiger partial charge in [0.2, 0.25) is 5.89 Å². The topological polar surface area (TPSA) is 87.1 Å². The fourth-order valence-corrected chi connectivity index (χ4v) is 3.18. The summed E-state index contributed by atoms with van der Waals surface area (Å²) in [5, 5.41) is 1.08. The van der Waals surface area contributed by atoms with E-state index in [1.807, 2.05) is 19.1 Å². The fraction of sp³-hybridized carbons (Fsp3) is 0.188. The zero-order valence-corrected chi connectivity index (χ0v) is 14.7. The zero-order valence-electron chi connectivity index (χ0n) is 13.1. The number of halogens is 1. The van der Waals surface area contributed by atoms with Crippen molar-refractivity contribution in [3.8, 4) is 17.1 Å². The molecular weight excluding hydrogens is 348 g/mol. The third kappa shape index (κ3) is 3.63. The van der Waals surface area contributed by atoms with Gasteiger partial charge in [-0.3, -0.25) is 0 Å². The van der Waals surface area contributed by atoms with Crippen LogP contribution in [0.4, 0.5) is 5.82 Å². The molecule has 0 aliphatic heterocycles. The van der Waals surface area contributed by atoms with Crippen LogP contribution in [0, 0.1) is 6.92 Å². The molecule has 0 atom stereocenters. The number of anilines is 1. The Bertz CT molecular complexity index is 849. The summed E-state index contributed by atoms with van der Waals surface area (Å²) in [6.45, 7) is 1.87. The molecule has 2 heterocycles. The lowest BCUT2D eigenvalue weighted by Crippen LogP contribution is -1.96. The Balaban J connectivity index is 1.76. The molecule has 2 aromatic heterocycles. The predicted octanol–water partition coefficient (Wildman–Crippen LogP) is 3.98. The van der Waals surface area contributed by atoms with Crippen molar-refractivity contribution in [2.24, 2.45) is 0 Å². The summed E-state index contributed by atoms with van der Waals surface area (Å²) in [5.74, 6) is 2.66. The summed E-state index contributed by atoms with van der Waals surface area (Å²) in [7, 11) is 1.57. The average molecular weight is 363 g/mol. The Hall–Kier alpha value is -2.25. The van der Waals surface area contributed by atoms with Crippen molar-refractivity contribution < 1.29 is 9.15 Å². The van der Waals surface area contributed by atoms with Crippen LogP contribution in [0.15, 0.2) is 40.0 Å². The highest BCUT2D eigenvalue weighted by Gasteiger charge is 2.14. The predicted molar refractivity (Wildman–Crippen MR) is 94.2 cm³/mol. The highest BCUT2D eigenvalue weighted by Crippen LogP contribution is 2.35. The standard InChI is InChI=1S/C16H15ClN4O2S/c1-9-6-13(18)21-16(20-9)24-8-14-19-7-12(23-14)10-4-3-5-11(22-2)15(10)17/h3-7H,8H2,1-2H3,(H2,18,20,21). The third-order valence-corrected chi connectivity index (χ3v) is 4.40. The van der Waals surface area contributed by atoms with E-state index in [2.05, 4.69) is 15.0 Å². The molecule has 8 heteroatoms. The van der Waals surface area contributed by atoms with Gasteiger partial charge in [0, 0.05) is 17.3 Å². The number of aryl methyl sites for hydroxylation is 1. The lowest BCUT2D eigenvalue weighted by atomic mass is 10.2. The fourth-order valence-electron chi connectivity index (χ4n) is 2.12. The summed E-state index contributed by atoms with van der Waals surface area (Å²) in [6.07, 6.45) is 1.64. The van der Waals surface area contributed by atoms with E-state index < -0.39 is 0 Å². The van der Waals surface area contributed by atoms with Crippen LogP contribution in [0.3, 0.4) is 0 Å². The number of methoxy groups -OCH3 is 1. The summed E-state index contributed by atoms with van der Waals surface area (Å²) in [6, 6.07) is 7.21. The van der Waals surface area contributed by atoms with Gasteiger partial charge in [0.15, 0.2) is 10.9 Å². The number of nitrogens with two attached hydrogens (primary N) is 1. The number of oxazole rings is 1. The molecule has 1 aromatic carbocycles. The lowest BCUT2D eigenvalue weighted by molar-refractivity contribution is 0.415. The maximum absolute atomic E-state index is 6.31. The molecule has 0 bridgehead atoms. The summed E-state index contributed by atoms with van der Waals surface area (Å²) >= 11 is 7.71. The van der Waals surface area contributed by atoms with Crippen molar-refractivity contribution in [2.75, 3.05) is 12.8 Å². The summed E-state index contributed by atoms with van der Waals surface area (Å²) < 4.78 is 11.0. The van der Waals surface area contributed by atoms with E-state index in [1.165, 1.54) is 11.8 Å². The minimum atomic E-state index is 0.446. The highest BCUT2D eigenvalue weighted by molar-refractivity contribution is 7.98. The zero-order chi connectivity index (χ0) is 17.1. The highest BCUT2D eigenvalue weighted by atomic mass is 35.5. The van der Waals surface area contributed by atoms with Crippen molar-refractivity contribution >= 4 is 29.2 Å². The molecule has 6 nitrogen and oxygen atoms in total. The van der Waals surface area contributed by atoms with Crippen molar-refractivity contribution in [3.05, 3.63) is 47.1 Å².